The molecule has 1 N–H and O–H groups in total. The molecule has 6 nitrogen and oxygen atoms in total. The molecule has 1 aliphatic carbocycles. The Morgan fingerprint density at radius 1 is 1.30 bits per heavy atom. The van der Waals surface area contributed by atoms with Crippen LogP contribution in [0.3, 0.4) is 0 Å². The zero-order valence-corrected chi connectivity index (χ0v) is 12.7. The second-order valence-electron chi connectivity index (χ2n) is 5.25. The molecule has 0 aliphatic heterocycles. The molecule has 0 spiro atoms. The minimum absolute atomic E-state index is 0.537. The van der Waals surface area contributed by atoms with Gasteiger partial charge in [0.15, 0.2) is 5.82 Å². The van der Waals surface area contributed by atoms with Gasteiger partial charge in [-0.3, -0.25) is 0 Å². The maximum Gasteiger partial charge on any atom is 0.234 e. The van der Waals surface area contributed by atoms with Gasteiger partial charge in [0.25, 0.3) is 0 Å². The first-order valence-corrected chi connectivity index (χ1v) is 8.11. The predicted molar refractivity (Wildman–Crippen MR) is 78.1 cm³/mol. The van der Waals surface area contributed by atoms with Crippen LogP contribution in [0.2, 0.25) is 0 Å². The first kappa shape index (κ1) is 13.9. The molecule has 7 heteroatoms. The molecule has 2 heterocycles. The Bertz CT molecular complexity index is 546. The molecule has 3 rings (SSSR count). The summed E-state index contributed by atoms with van der Waals surface area (Å²) in [6.07, 6.45) is 6.40. The molecule has 20 heavy (non-hydrogen) atoms. The summed E-state index contributed by atoms with van der Waals surface area (Å²) < 4.78 is 6.97. The highest BCUT2D eigenvalue weighted by Gasteiger charge is 2.22. The van der Waals surface area contributed by atoms with Crippen molar-refractivity contribution < 1.29 is 4.74 Å². The summed E-state index contributed by atoms with van der Waals surface area (Å²) in [5.41, 5.74) is 0. The van der Waals surface area contributed by atoms with E-state index in [4.69, 9.17) is 4.74 Å². The van der Waals surface area contributed by atoms with E-state index in [2.05, 4.69) is 20.6 Å². The van der Waals surface area contributed by atoms with Crippen LogP contribution in [0.25, 0.3) is 4.96 Å². The largest absolute Gasteiger partial charge is 0.383 e. The lowest BCUT2D eigenvalue weighted by molar-refractivity contribution is 0.199. The standard InChI is InChI=1S/C13H21N5OS/c1-19-8-7-14-9-11-17-18-12(15-16-13(18)20-11)10-5-3-2-4-6-10/h10,14H,2-9H2,1H3. The van der Waals surface area contributed by atoms with Crippen molar-refractivity contribution in [1.29, 1.82) is 0 Å². The topological polar surface area (TPSA) is 64.3 Å². The molecule has 1 saturated carbocycles. The second kappa shape index (κ2) is 6.60. The number of nitrogens with zero attached hydrogens (tertiary/aromatic N) is 4. The molecule has 110 valence electrons. The molecule has 0 amide bonds. The molecule has 2 aromatic heterocycles. The first-order chi connectivity index (χ1) is 9.88. The smallest absolute Gasteiger partial charge is 0.234 e. The minimum atomic E-state index is 0.537. The van der Waals surface area contributed by atoms with Gasteiger partial charge in [0.05, 0.1) is 6.61 Å². The monoisotopic (exact) mass is 295 g/mol. The Balaban J connectivity index is 1.69. The summed E-state index contributed by atoms with van der Waals surface area (Å²) in [5.74, 6) is 1.59. The van der Waals surface area contributed by atoms with Gasteiger partial charge in [-0.1, -0.05) is 30.6 Å². The van der Waals surface area contributed by atoms with E-state index >= 15 is 0 Å². The maximum absolute atomic E-state index is 5.02. The number of methoxy groups -OCH3 is 1. The number of rotatable bonds is 6. The van der Waals surface area contributed by atoms with Crippen molar-refractivity contribution in [1.82, 2.24) is 25.1 Å². The first-order valence-electron chi connectivity index (χ1n) is 7.29. The Morgan fingerprint density at radius 3 is 2.95 bits per heavy atom. The molecule has 1 aliphatic rings. The average Bonchev–Trinajstić information content (AvgIpc) is 3.04. The quantitative estimate of drug-likeness (QED) is 0.825. The van der Waals surface area contributed by atoms with Crippen LogP contribution in [-0.4, -0.2) is 40.1 Å². The van der Waals surface area contributed by atoms with Gasteiger partial charge in [-0.05, 0) is 12.8 Å². The van der Waals surface area contributed by atoms with E-state index in [9.17, 15) is 0 Å². The third-order valence-electron chi connectivity index (χ3n) is 3.79. The van der Waals surface area contributed by atoms with Crippen LogP contribution in [-0.2, 0) is 11.3 Å². The normalized spacial score (nSPS) is 17.1. The van der Waals surface area contributed by atoms with Crippen molar-refractivity contribution in [2.75, 3.05) is 20.3 Å². The van der Waals surface area contributed by atoms with Crippen molar-refractivity contribution in [2.45, 2.75) is 44.6 Å². The highest BCUT2D eigenvalue weighted by atomic mass is 32.1. The fourth-order valence-electron chi connectivity index (χ4n) is 2.73. The predicted octanol–water partition coefficient (Wildman–Crippen LogP) is 1.97. The molecule has 1 fully saturated rings. The van der Waals surface area contributed by atoms with Gasteiger partial charge in [0, 0.05) is 26.1 Å². The van der Waals surface area contributed by atoms with Crippen molar-refractivity contribution >= 4 is 16.3 Å². The van der Waals surface area contributed by atoms with Crippen molar-refractivity contribution in [2.24, 2.45) is 0 Å². The van der Waals surface area contributed by atoms with E-state index < -0.39 is 0 Å². The zero-order chi connectivity index (χ0) is 13.8. The van der Waals surface area contributed by atoms with Crippen molar-refractivity contribution in [3.8, 4) is 0 Å². The van der Waals surface area contributed by atoms with E-state index in [0.29, 0.717) is 5.92 Å². The number of fused-ring (bicyclic) bond motifs is 1. The number of ether oxygens (including phenoxy) is 1. The lowest BCUT2D eigenvalue weighted by Crippen LogP contribution is -2.18. The maximum atomic E-state index is 5.02. The molecule has 0 aromatic carbocycles. The summed E-state index contributed by atoms with van der Waals surface area (Å²) in [5, 5.41) is 17.7. The second-order valence-corrected chi connectivity index (χ2v) is 6.29. The van der Waals surface area contributed by atoms with Gasteiger partial charge in [-0.15, -0.1) is 10.2 Å². The number of nitrogens with one attached hydrogen (secondary N) is 1. The van der Waals surface area contributed by atoms with Crippen LogP contribution in [0.15, 0.2) is 0 Å². The third kappa shape index (κ3) is 2.99. The Morgan fingerprint density at radius 2 is 2.15 bits per heavy atom. The van der Waals surface area contributed by atoms with Crippen LogP contribution >= 0.6 is 11.3 Å². The number of aromatic nitrogens is 4. The molecule has 0 radical (unpaired) electrons. The highest BCUT2D eigenvalue weighted by molar-refractivity contribution is 7.16. The summed E-state index contributed by atoms with van der Waals surface area (Å²) >= 11 is 1.62. The zero-order valence-electron chi connectivity index (χ0n) is 11.8. The van der Waals surface area contributed by atoms with Gasteiger partial charge < -0.3 is 10.1 Å². The van der Waals surface area contributed by atoms with Crippen LogP contribution < -0.4 is 5.32 Å². The molecule has 2 aromatic rings. The lowest BCUT2D eigenvalue weighted by atomic mass is 9.89. The van der Waals surface area contributed by atoms with Crippen LogP contribution in [0, 0.1) is 0 Å². The van der Waals surface area contributed by atoms with Crippen molar-refractivity contribution in [3.63, 3.8) is 0 Å². The average molecular weight is 295 g/mol. The van der Waals surface area contributed by atoms with Crippen LogP contribution in [0.4, 0.5) is 0 Å². The fourth-order valence-corrected chi connectivity index (χ4v) is 3.54. The number of hydrogen-bond donors (Lipinski definition) is 1. The number of hydrogen-bond acceptors (Lipinski definition) is 6. The highest BCUT2D eigenvalue weighted by Crippen LogP contribution is 2.32. The van der Waals surface area contributed by atoms with E-state index in [1.54, 1.807) is 18.4 Å². The fraction of sp³-hybridized carbons (Fsp3) is 0.769. The Labute approximate surface area is 122 Å². The molecule has 0 atom stereocenters. The lowest BCUT2D eigenvalue weighted by Gasteiger charge is -2.18. The molecular formula is C13H21N5OS. The molecular weight excluding hydrogens is 274 g/mol. The summed E-state index contributed by atoms with van der Waals surface area (Å²) in [6, 6.07) is 0. The van der Waals surface area contributed by atoms with Crippen LogP contribution in [0.1, 0.15) is 48.9 Å². The van der Waals surface area contributed by atoms with Gasteiger partial charge in [-0.2, -0.15) is 9.61 Å². The Hall–Kier alpha value is -1.05. The van der Waals surface area contributed by atoms with Gasteiger partial charge in [0.1, 0.15) is 5.01 Å². The van der Waals surface area contributed by atoms with E-state index in [1.165, 1.54) is 32.1 Å². The van der Waals surface area contributed by atoms with Gasteiger partial charge in [-0.25, -0.2) is 0 Å². The van der Waals surface area contributed by atoms with E-state index in [0.717, 1.165) is 35.5 Å². The van der Waals surface area contributed by atoms with E-state index in [1.807, 2.05) is 4.52 Å². The minimum Gasteiger partial charge on any atom is -0.383 e. The van der Waals surface area contributed by atoms with Gasteiger partial charge in [0.2, 0.25) is 4.96 Å². The Kier molecular flexibility index (Phi) is 4.59. The summed E-state index contributed by atoms with van der Waals surface area (Å²) in [4.78, 5) is 0.911. The molecule has 0 saturated heterocycles. The van der Waals surface area contributed by atoms with Crippen LogP contribution in [0.5, 0.6) is 0 Å². The van der Waals surface area contributed by atoms with E-state index in [-0.39, 0.29) is 0 Å². The summed E-state index contributed by atoms with van der Waals surface area (Å²) in [6.45, 7) is 2.32. The SMILES string of the molecule is COCCNCc1nn2c(C3CCCCC3)nnc2s1. The van der Waals surface area contributed by atoms with Gasteiger partial charge >= 0.3 is 0 Å². The molecule has 0 unspecified atom stereocenters. The summed E-state index contributed by atoms with van der Waals surface area (Å²) in [7, 11) is 1.71. The molecule has 0 bridgehead atoms. The third-order valence-corrected chi connectivity index (χ3v) is 4.69. The van der Waals surface area contributed by atoms with Crippen molar-refractivity contribution in [3.05, 3.63) is 10.8 Å².